The molecule has 0 saturated carbocycles. The van der Waals surface area contributed by atoms with Crippen LogP contribution in [0.3, 0.4) is 0 Å². The van der Waals surface area contributed by atoms with Crippen LogP contribution in [0.25, 0.3) is 0 Å². The number of nitrogens with one attached hydrogen (secondary N) is 2. The van der Waals surface area contributed by atoms with Crippen molar-refractivity contribution in [1.29, 1.82) is 0 Å². The SMILES string of the molecule is O=C(O)C(NNc1ccccc1Cl)c1ccccc1. The van der Waals surface area contributed by atoms with Crippen molar-refractivity contribution in [2.45, 2.75) is 6.04 Å². The van der Waals surface area contributed by atoms with E-state index in [1.54, 1.807) is 42.5 Å². The second-order valence-electron chi connectivity index (χ2n) is 3.93. The first-order valence-corrected chi connectivity index (χ1v) is 6.10. The number of aliphatic carboxylic acids is 1. The van der Waals surface area contributed by atoms with Crippen LogP contribution >= 0.6 is 11.6 Å². The zero-order valence-corrected chi connectivity index (χ0v) is 10.8. The lowest BCUT2D eigenvalue weighted by molar-refractivity contribution is -0.139. The number of halogens is 1. The lowest BCUT2D eigenvalue weighted by atomic mass is 10.1. The molecule has 0 aliphatic rings. The van der Waals surface area contributed by atoms with E-state index in [1.165, 1.54) is 0 Å². The molecule has 0 fully saturated rings. The molecule has 0 spiro atoms. The minimum absolute atomic E-state index is 0.521. The average Bonchev–Trinajstić information content (AvgIpc) is 2.42. The molecule has 0 radical (unpaired) electrons. The maximum atomic E-state index is 11.3. The molecule has 0 aliphatic carbocycles. The highest BCUT2D eigenvalue weighted by atomic mass is 35.5. The molecular weight excluding hydrogens is 264 g/mol. The molecule has 3 N–H and O–H groups in total. The Balaban J connectivity index is 2.11. The van der Waals surface area contributed by atoms with Crippen molar-refractivity contribution in [2.24, 2.45) is 0 Å². The Morgan fingerprint density at radius 3 is 2.32 bits per heavy atom. The average molecular weight is 277 g/mol. The Labute approximate surface area is 116 Å². The Morgan fingerprint density at radius 2 is 1.68 bits per heavy atom. The standard InChI is InChI=1S/C14H13ClN2O2/c15-11-8-4-5-9-12(11)16-17-13(14(18)19)10-6-2-1-3-7-10/h1-9,13,16-17H,(H,18,19). The fourth-order valence-corrected chi connectivity index (χ4v) is 1.83. The molecule has 1 unspecified atom stereocenters. The number of carboxylic acid groups (broad SMARTS) is 1. The minimum atomic E-state index is -0.967. The van der Waals surface area contributed by atoms with Gasteiger partial charge in [-0.1, -0.05) is 54.1 Å². The van der Waals surface area contributed by atoms with Crippen molar-refractivity contribution in [3.8, 4) is 0 Å². The number of hydrazine groups is 1. The van der Waals surface area contributed by atoms with Gasteiger partial charge in [0.1, 0.15) is 6.04 Å². The zero-order chi connectivity index (χ0) is 13.7. The van der Waals surface area contributed by atoms with Crippen molar-refractivity contribution in [3.63, 3.8) is 0 Å². The van der Waals surface area contributed by atoms with Crippen molar-refractivity contribution in [1.82, 2.24) is 5.43 Å². The van der Waals surface area contributed by atoms with Crippen molar-refractivity contribution < 1.29 is 9.90 Å². The molecule has 2 aromatic carbocycles. The molecule has 98 valence electrons. The quantitative estimate of drug-likeness (QED) is 0.735. The summed E-state index contributed by atoms with van der Waals surface area (Å²) in [5.74, 6) is -0.967. The van der Waals surface area contributed by atoms with E-state index in [9.17, 15) is 9.90 Å². The van der Waals surface area contributed by atoms with E-state index in [0.29, 0.717) is 16.3 Å². The molecular formula is C14H13ClN2O2. The largest absolute Gasteiger partial charge is 0.480 e. The van der Waals surface area contributed by atoms with Crippen LogP contribution < -0.4 is 10.9 Å². The van der Waals surface area contributed by atoms with Crippen LogP contribution in [0.2, 0.25) is 5.02 Å². The third-order valence-electron chi connectivity index (χ3n) is 2.60. The van der Waals surface area contributed by atoms with Crippen LogP contribution in [0.15, 0.2) is 54.6 Å². The summed E-state index contributed by atoms with van der Waals surface area (Å²) >= 11 is 5.98. The smallest absolute Gasteiger partial charge is 0.327 e. The predicted octanol–water partition coefficient (Wildman–Crippen LogP) is 3.08. The van der Waals surface area contributed by atoms with E-state index in [1.807, 2.05) is 12.1 Å². The van der Waals surface area contributed by atoms with Gasteiger partial charge >= 0.3 is 5.97 Å². The molecule has 5 heteroatoms. The molecule has 0 aromatic heterocycles. The lowest BCUT2D eigenvalue weighted by Crippen LogP contribution is -2.33. The first kappa shape index (κ1) is 13.4. The van der Waals surface area contributed by atoms with Gasteiger partial charge in [-0.2, -0.15) is 0 Å². The summed E-state index contributed by atoms with van der Waals surface area (Å²) in [6.07, 6.45) is 0. The molecule has 4 nitrogen and oxygen atoms in total. The van der Waals surface area contributed by atoms with Gasteiger partial charge in [-0.05, 0) is 17.7 Å². The highest BCUT2D eigenvalue weighted by Crippen LogP contribution is 2.20. The molecule has 0 amide bonds. The maximum absolute atomic E-state index is 11.3. The van der Waals surface area contributed by atoms with Crippen molar-refractivity contribution in [2.75, 3.05) is 5.43 Å². The van der Waals surface area contributed by atoms with E-state index in [4.69, 9.17) is 11.6 Å². The van der Waals surface area contributed by atoms with Gasteiger partial charge in [-0.3, -0.25) is 4.79 Å². The summed E-state index contributed by atoms with van der Waals surface area (Å²) in [6.45, 7) is 0. The monoisotopic (exact) mass is 276 g/mol. The number of anilines is 1. The summed E-state index contributed by atoms with van der Waals surface area (Å²) in [5.41, 5.74) is 6.88. The van der Waals surface area contributed by atoms with Gasteiger partial charge in [-0.15, -0.1) is 0 Å². The Bertz CT molecular complexity index is 560. The number of carboxylic acids is 1. The highest BCUT2D eigenvalue weighted by Gasteiger charge is 2.18. The van der Waals surface area contributed by atoms with Crippen LogP contribution in [-0.2, 0) is 4.79 Å². The van der Waals surface area contributed by atoms with Gasteiger partial charge in [0.2, 0.25) is 0 Å². The van der Waals surface area contributed by atoms with Crippen LogP contribution in [0.4, 0.5) is 5.69 Å². The molecule has 19 heavy (non-hydrogen) atoms. The van der Waals surface area contributed by atoms with Crippen molar-refractivity contribution in [3.05, 3.63) is 65.2 Å². The number of rotatable bonds is 5. The fourth-order valence-electron chi connectivity index (χ4n) is 1.65. The Kier molecular flexibility index (Phi) is 4.39. The van der Waals surface area contributed by atoms with Crippen LogP contribution in [-0.4, -0.2) is 11.1 Å². The maximum Gasteiger partial charge on any atom is 0.327 e. The van der Waals surface area contributed by atoms with Crippen LogP contribution in [0, 0.1) is 0 Å². The first-order chi connectivity index (χ1) is 9.18. The summed E-state index contributed by atoms with van der Waals surface area (Å²) in [5, 5.41) is 9.76. The summed E-state index contributed by atoms with van der Waals surface area (Å²) in [6, 6.07) is 15.2. The van der Waals surface area contributed by atoms with Gasteiger partial charge in [0.25, 0.3) is 0 Å². The topological polar surface area (TPSA) is 61.4 Å². The van der Waals surface area contributed by atoms with Gasteiger partial charge in [0.05, 0.1) is 10.7 Å². The third-order valence-corrected chi connectivity index (χ3v) is 2.93. The van der Waals surface area contributed by atoms with Gasteiger partial charge in [0, 0.05) is 0 Å². The fraction of sp³-hybridized carbons (Fsp3) is 0.0714. The third kappa shape index (κ3) is 3.47. The molecule has 0 heterocycles. The van der Waals surface area contributed by atoms with Gasteiger partial charge in [0.15, 0.2) is 0 Å². The zero-order valence-electron chi connectivity index (χ0n) is 10.0. The highest BCUT2D eigenvalue weighted by molar-refractivity contribution is 6.33. The summed E-state index contributed by atoms with van der Waals surface area (Å²) in [7, 11) is 0. The van der Waals surface area contributed by atoms with E-state index < -0.39 is 12.0 Å². The van der Waals surface area contributed by atoms with Crippen LogP contribution in [0.1, 0.15) is 11.6 Å². The normalized spacial score (nSPS) is 11.8. The summed E-state index contributed by atoms with van der Waals surface area (Å²) < 4.78 is 0. The Hall–Kier alpha value is -2.04. The first-order valence-electron chi connectivity index (χ1n) is 5.72. The lowest BCUT2D eigenvalue weighted by Gasteiger charge is -2.17. The molecule has 2 rings (SSSR count). The number of hydrogen-bond acceptors (Lipinski definition) is 3. The van der Waals surface area contributed by atoms with E-state index in [2.05, 4.69) is 10.9 Å². The number of para-hydroxylation sites is 1. The van der Waals surface area contributed by atoms with Gasteiger partial charge in [-0.25, -0.2) is 5.43 Å². The number of hydrogen-bond donors (Lipinski definition) is 3. The molecule has 0 saturated heterocycles. The van der Waals surface area contributed by atoms with E-state index in [-0.39, 0.29) is 0 Å². The second-order valence-corrected chi connectivity index (χ2v) is 4.34. The second kappa shape index (κ2) is 6.22. The van der Waals surface area contributed by atoms with Crippen LogP contribution in [0.5, 0.6) is 0 Å². The van der Waals surface area contributed by atoms with Crippen molar-refractivity contribution >= 4 is 23.3 Å². The Morgan fingerprint density at radius 1 is 1.05 bits per heavy atom. The van der Waals surface area contributed by atoms with E-state index in [0.717, 1.165) is 0 Å². The molecule has 0 aliphatic heterocycles. The summed E-state index contributed by atoms with van der Waals surface area (Å²) in [4.78, 5) is 11.3. The predicted molar refractivity (Wildman–Crippen MR) is 75.0 cm³/mol. The van der Waals surface area contributed by atoms with E-state index >= 15 is 0 Å². The molecule has 0 bridgehead atoms. The number of carbonyl (C=O) groups is 1. The number of benzene rings is 2. The minimum Gasteiger partial charge on any atom is -0.480 e. The molecule has 1 atom stereocenters. The molecule has 2 aromatic rings. The van der Waals surface area contributed by atoms with Gasteiger partial charge < -0.3 is 10.5 Å².